The summed E-state index contributed by atoms with van der Waals surface area (Å²) < 4.78 is 5.86. The van der Waals surface area contributed by atoms with Crippen molar-refractivity contribution in [2.24, 2.45) is 0 Å². The van der Waals surface area contributed by atoms with Gasteiger partial charge in [0.25, 0.3) is 0 Å². The van der Waals surface area contributed by atoms with Crippen LogP contribution in [-0.2, 0) is 13.0 Å². The van der Waals surface area contributed by atoms with Gasteiger partial charge in [0, 0.05) is 23.9 Å². The highest BCUT2D eigenvalue weighted by molar-refractivity contribution is 5.82. The lowest BCUT2D eigenvalue weighted by Crippen LogP contribution is -2.16. The van der Waals surface area contributed by atoms with Gasteiger partial charge in [0.05, 0.1) is 6.10 Å². The van der Waals surface area contributed by atoms with Crippen LogP contribution in [0.5, 0.6) is 0 Å². The van der Waals surface area contributed by atoms with Gasteiger partial charge in [0.15, 0.2) is 0 Å². The quantitative estimate of drug-likeness (QED) is 0.752. The van der Waals surface area contributed by atoms with Crippen molar-refractivity contribution < 1.29 is 9.52 Å². The fourth-order valence-corrected chi connectivity index (χ4v) is 2.36. The third-order valence-electron chi connectivity index (χ3n) is 3.38. The van der Waals surface area contributed by atoms with Crippen molar-refractivity contribution >= 4 is 11.0 Å². The number of aryl methyl sites for hydroxylation is 1. The molecule has 3 nitrogen and oxygen atoms in total. The van der Waals surface area contributed by atoms with Crippen LogP contribution in [0.2, 0.25) is 0 Å². The Morgan fingerprint density at radius 2 is 2.11 bits per heavy atom. The van der Waals surface area contributed by atoms with Crippen molar-refractivity contribution in [1.29, 1.82) is 0 Å². The van der Waals surface area contributed by atoms with Crippen LogP contribution >= 0.6 is 0 Å². The van der Waals surface area contributed by atoms with Crippen LogP contribution in [0.15, 0.2) is 28.7 Å². The summed E-state index contributed by atoms with van der Waals surface area (Å²) in [5.74, 6) is 1.07. The van der Waals surface area contributed by atoms with Gasteiger partial charge in [-0.25, -0.2) is 0 Å². The molecule has 2 rings (SSSR count). The van der Waals surface area contributed by atoms with Crippen molar-refractivity contribution in [3.05, 3.63) is 35.6 Å². The monoisotopic (exact) mass is 261 g/mol. The van der Waals surface area contributed by atoms with E-state index < -0.39 is 0 Å². The van der Waals surface area contributed by atoms with Gasteiger partial charge in [-0.2, -0.15) is 0 Å². The number of para-hydroxylation sites is 1. The Balaban J connectivity index is 1.99. The molecule has 1 unspecified atom stereocenters. The Hall–Kier alpha value is -1.32. The molecule has 0 bridgehead atoms. The molecule has 1 aromatic heterocycles. The summed E-state index contributed by atoms with van der Waals surface area (Å²) in [6, 6.07) is 8.19. The Bertz CT molecular complexity index is 516. The van der Waals surface area contributed by atoms with Crippen molar-refractivity contribution in [2.75, 3.05) is 6.54 Å². The number of hydrogen-bond acceptors (Lipinski definition) is 3. The molecule has 0 aliphatic carbocycles. The number of fused-ring (bicyclic) bond motifs is 1. The molecule has 0 aliphatic heterocycles. The normalized spacial score (nSPS) is 13.0. The molecule has 19 heavy (non-hydrogen) atoms. The van der Waals surface area contributed by atoms with Crippen LogP contribution in [0.25, 0.3) is 11.0 Å². The number of rotatable bonds is 7. The molecule has 104 valence electrons. The third kappa shape index (κ3) is 3.58. The zero-order valence-electron chi connectivity index (χ0n) is 11.8. The molecular formula is C16H23NO2. The second-order valence-electron chi connectivity index (χ2n) is 5.02. The maximum Gasteiger partial charge on any atom is 0.134 e. The third-order valence-corrected chi connectivity index (χ3v) is 3.38. The van der Waals surface area contributed by atoms with E-state index in [9.17, 15) is 5.11 Å². The molecule has 1 atom stereocenters. The Morgan fingerprint density at radius 1 is 1.32 bits per heavy atom. The fraction of sp³-hybridized carbons (Fsp3) is 0.500. The zero-order chi connectivity index (χ0) is 13.7. The summed E-state index contributed by atoms with van der Waals surface area (Å²) >= 11 is 0. The zero-order valence-corrected chi connectivity index (χ0v) is 11.8. The van der Waals surface area contributed by atoms with E-state index >= 15 is 0 Å². The first kappa shape index (κ1) is 14.1. The first-order valence-electron chi connectivity index (χ1n) is 7.10. The Labute approximate surface area is 114 Å². The maximum absolute atomic E-state index is 9.22. The van der Waals surface area contributed by atoms with Gasteiger partial charge in [-0.15, -0.1) is 0 Å². The number of nitrogens with one attached hydrogen (secondary N) is 1. The van der Waals surface area contributed by atoms with Crippen molar-refractivity contribution in [1.82, 2.24) is 5.32 Å². The number of benzene rings is 1. The first-order chi connectivity index (χ1) is 9.22. The molecule has 0 aliphatic rings. The van der Waals surface area contributed by atoms with E-state index in [-0.39, 0.29) is 6.10 Å². The largest absolute Gasteiger partial charge is 0.461 e. The van der Waals surface area contributed by atoms with E-state index in [1.807, 2.05) is 25.1 Å². The predicted molar refractivity (Wildman–Crippen MR) is 78.2 cm³/mol. The highest BCUT2D eigenvalue weighted by atomic mass is 16.3. The molecule has 0 radical (unpaired) electrons. The first-order valence-corrected chi connectivity index (χ1v) is 7.10. The molecule has 2 aromatic rings. The van der Waals surface area contributed by atoms with Crippen molar-refractivity contribution in [3.8, 4) is 0 Å². The molecular weight excluding hydrogens is 238 g/mol. The summed E-state index contributed by atoms with van der Waals surface area (Å²) in [7, 11) is 0. The van der Waals surface area contributed by atoms with Gasteiger partial charge in [0.2, 0.25) is 0 Å². The predicted octanol–water partition coefficient (Wildman–Crippen LogP) is 3.25. The standard InChI is InChI=1S/C16H23NO2/c1-3-15-14(11-17-10-6-7-12(2)18)13-8-4-5-9-16(13)19-15/h4-5,8-9,12,17-18H,3,6-7,10-11H2,1-2H3. The minimum absolute atomic E-state index is 0.206. The van der Waals surface area contributed by atoms with Gasteiger partial charge in [-0.05, 0) is 32.4 Å². The number of aliphatic hydroxyl groups excluding tert-OH is 1. The SMILES string of the molecule is CCc1oc2ccccc2c1CNCCCC(C)O. The second-order valence-corrected chi connectivity index (χ2v) is 5.02. The van der Waals surface area contributed by atoms with Gasteiger partial charge in [-0.1, -0.05) is 25.1 Å². The fourth-order valence-electron chi connectivity index (χ4n) is 2.36. The highest BCUT2D eigenvalue weighted by Crippen LogP contribution is 2.26. The minimum atomic E-state index is -0.206. The summed E-state index contributed by atoms with van der Waals surface area (Å²) in [4.78, 5) is 0. The van der Waals surface area contributed by atoms with Gasteiger partial charge in [0.1, 0.15) is 11.3 Å². The molecule has 3 heteroatoms. The molecule has 0 amide bonds. The Kier molecular flexibility index (Phi) is 5.00. The second kappa shape index (κ2) is 6.73. The van der Waals surface area contributed by atoms with E-state index in [1.165, 1.54) is 10.9 Å². The van der Waals surface area contributed by atoms with E-state index in [2.05, 4.69) is 18.3 Å². The lowest BCUT2D eigenvalue weighted by Gasteiger charge is -2.06. The van der Waals surface area contributed by atoms with Gasteiger partial charge < -0.3 is 14.8 Å². The van der Waals surface area contributed by atoms with Crippen LogP contribution in [0, 0.1) is 0 Å². The average molecular weight is 261 g/mol. The Morgan fingerprint density at radius 3 is 2.84 bits per heavy atom. The molecule has 2 N–H and O–H groups in total. The van der Waals surface area contributed by atoms with E-state index in [4.69, 9.17) is 4.42 Å². The molecule has 1 heterocycles. The van der Waals surface area contributed by atoms with Crippen LogP contribution in [0.4, 0.5) is 0 Å². The lowest BCUT2D eigenvalue weighted by atomic mass is 10.1. The average Bonchev–Trinajstić information content (AvgIpc) is 2.76. The van der Waals surface area contributed by atoms with E-state index in [1.54, 1.807) is 0 Å². The highest BCUT2D eigenvalue weighted by Gasteiger charge is 2.11. The van der Waals surface area contributed by atoms with Crippen molar-refractivity contribution in [3.63, 3.8) is 0 Å². The lowest BCUT2D eigenvalue weighted by molar-refractivity contribution is 0.181. The van der Waals surface area contributed by atoms with Gasteiger partial charge in [-0.3, -0.25) is 0 Å². The molecule has 0 spiro atoms. The molecule has 1 aromatic carbocycles. The molecule has 0 saturated carbocycles. The van der Waals surface area contributed by atoms with Crippen LogP contribution in [0.3, 0.4) is 0 Å². The number of aliphatic hydroxyl groups is 1. The van der Waals surface area contributed by atoms with Crippen LogP contribution < -0.4 is 5.32 Å². The van der Waals surface area contributed by atoms with Gasteiger partial charge >= 0.3 is 0 Å². The summed E-state index contributed by atoms with van der Waals surface area (Å²) in [5, 5.41) is 13.9. The number of hydrogen-bond donors (Lipinski definition) is 2. The van der Waals surface area contributed by atoms with Crippen LogP contribution in [0.1, 0.15) is 38.0 Å². The summed E-state index contributed by atoms with van der Waals surface area (Å²) in [6.45, 7) is 5.71. The van der Waals surface area contributed by atoms with E-state index in [0.29, 0.717) is 0 Å². The minimum Gasteiger partial charge on any atom is -0.461 e. The van der Waals surface area contributed by atoms with E-state index in [0.717, 1.165) is 43.7 Å². The summed E-state index contributed by atoms with van der Waals surface area (Å²) in [6.07, 6.45) is 2.55. The molecule has 0 fully saturated rings. The smallest absolute Gasteiger partial charge is 0.134 e. The van der Waals surface area contributed by atoms with Crippen molar-refractivity contribution in [2.45, 2.75) is 45.8 Å². The molecule has 0 saturated heterocycles. The van der Waals surface area contributed by atoms with Crippen LogP contribution in [-0.4, -0.2) is 17.8 Å². The number of furan rings is 1. The summed E-state index contributed by atoms with van der Waals surface area (Å²) in [5.41, 5.74) is 2.25. The maximum atomic E-state index is 9.22. The topological polar surface area (TPSA) is 45.4 Å².